The Bertz CT molecular complexity index is 523. The molecule has 0 aliphatic heterocycles. The predicted molar refractivity (Wildman–Crippen MR) is 61.5 cm³/mol. The van der Waals surface area contributed by atoms with Crippen molar-refractivity contribution in [2.24, 2.45) is 0 Å². The van der Waals surface area contributed by atoms with Crippen LogP contribution in [0.2, 0.25) is 0 Å². The maximum atomic E-state index is 10.6. The molecular weight excluding hydrogens is 222 g/mol. The minimum atomic E-state index is -0.409. The molecule has 0 saturated carbocycles. The van der Waals surface area contributed by atoms with Crippen molar-refractivity contribution in [3.05, 3.63) is 46.0 Å². The molecule has 0 saturated heterocycles. The van der Waals surface area contributed by atoms with Crippen molar-refractivity contribution in [3.63, 3.8) is 0 Å². The summed E-state index contributed by atoms with van der Waals surface area (Å²) in [4.78, 5) is 14.1. The molecule has 0 aliphatic rings. The Morgan fingerprint density at radius 2 is 2.35 bits per heavy atom. The highest BCUT2D eigenvalue weighted by Gasteiger charge is 2.07. The molecule has 2 aromatic rings. The quantitative estimate of drug-likeness (QED) is 0.618. The monoisotopic (exact) mass is 233 g/mol. The van der Waals surface area contributed by atoms with E-state index >= 15 is 0 Å². The molecule has 0 bridgehead atoms. The van der Waals surface area contributed by atoms with Crippen LogP contribution in [0.3, 0.4) is 0 Å². The fourth-order valence-corrected chi connectivity index (χ4v) is 1.45. The van der Waals surface area contributed by atoms with Crippen molar-refractivity contribution in [2.45, 2.75) is 13.5 Å². The number of aromatic amines is 1. The van der Waals surface area contributed by atoms with Gasteiger partial charge in [0, 0.05) is 17.8 Å². The number of nitrogens with zero attached hydrogens (tertiary/aromatic N) is 3. The summed E-state index contributed by atoms with van der Waals surface area (Å²) >= 11 is 0. The second kappa shape index (κ2) is 4.60. The number of anilines is 1. The Balaban J connectivity index is 2.09. The van der Waals surface area contributed by atoms with Crippen LogP contribution in [-0.4, -0.2) is 20.1 Å². The summed E-state index contributed by atoms with van der Waals surface area (Å²) in [5.74, 6) is 0.711. The van der Waals surface area contributed by atoms with E-state index in [9.17, 15) is 10.1 Å². The normalized spacial score (nSPS) is 10.2. The van der Waals surface area contributed by atoms with Crippen LogP contribution < -0.4 is 5.32 Å². The number of benzene rings is 1. The molecule has 0 aliphatic carbocycles. The highest BCUT2D eigenvalue weighted by molar-refractivity contribution is 5.55. The van der Waals surface area contributed by atoms with E-state index in [4.69, 9.17) is 0 Å². The highest BCUT2D eigenvalue weighted by Crippen LogP contribution is 2.21. The third kappa shape index (κ3) is 2.57. The van der Waals surface area contributed by atoms with Crippen LogP contribution in [0, 0.1) is 17.0 Å². The van der Waals surface area contributed by atoms with Crippen LogP contribution in [0.25, 0.3) is 0 Å². The van der Waals surface area contributed by atoms with Crippen LogP contribution in [0.4, 0.5) is 11.4 Å². The van der Waals surface area contributed by atoms with Gasteiger partial charge in [0.25, 0.3) is 5.69 Å². The van der Waals surface area contributed by atoms with Gasteiger partial charge in [-0.05, 0) is 18.6 Å². The first kappa shape index (κ1) is 11.1. The standard InChI is InChI=1S/C10H11N5O2/c1-7-4-8(15(16)17)2-3-9(7)11-5-10-12-6-13-14-10/h2-4,6,11H,5H2,1H3,(H,12,13,14). The van der Waals surface area contributed by atoms with Crippen molar-refractivity contribution in [1.29, 1.82) is 0 Å². The lowest BCUT2D eigenvalue weighted by atomic mass is 10.2. The Kier molecular flexibility index (Phi) is 2.99. The molecule has 2 N–H and O–H groups in total. The average Bonchev–Trinajstić information content (AvgIpc) is 2.80. The zero-order chi connectivity index (χ0) is 12.3. The van der Waals surface area contributed by atoms with Crippen molar-refractivity contribution >= 4 is 11.4 Å². The SMILES string of the molecule is Cc1cc([N+](=O)[O-])ccc1NCc1ncn[nH]1. The topological polar surface area (TPSA) is 96.7 Å². The molecule has 88 valence electrons. The van der Waals surface area contributed by atoms with E-state index < -0.39 is 4.92 Å². The van der Waals surface area contributed by atoms with Gasteiger partial charge in [-0.1, -0.05) is 0 Å². The molecule has 0 unspecified atom stereocenters. The van der Waals surface area contributed by atoms with Gasteiger partial charge >= 0.3 is 0 Å². The van der Waals surface area contributed by atoms with Crippen LogP contribution in [-0.2, 0) is 6.54 Å². The lowest BCUT2D eigenvalue weighted by molar-refractivity contribution is -0.384. The molecule has 1 aromatic heterocycles. The van der Waals surface area contributed by atoms with Crippen molar-refractivity contribution in [3.8, 4) is 0 Å². The number of rotatable bonds is 4. The van der Waals surface area contributed by atoms with Crippen LogP contribution in [0.15, 0.2) is 24.5 Å². The van der Waals surface area contributed by atoms with Crippen molar-refractivity contribution in [1.82, 2.24) is 15.2 Å². The highest BCUT2D eigenvalue weighted by atomic mass is 16.6. The third-order valence-corrected chi connectivity index (χ3v) is 2.33. The fourth-order valence-electron chi connectivity index (χ4n) is 1.45. The lowest BCUT2D eigenvalue weighted by Gasteiger charge is -2.07. The van der Waals surface area contributed by atoms with Gasteiger partial charge in [0.05, 0.1) is 11.5 Å². The van der Waals surface area contributed by atoms with E-state index in [1.165, 1.54) is 18.5 Å². The van der Waals surface area contributed by atoms with E-state index in [0.29, 0.717) is 12.4 Å². The molecule has 0 radical (unpaired) electrons. The Hall–Kier alpha value is -2.44. The molecule has 7 heteroatoms. The second-order valence-electron chi connectivity index (χ2n) is 3.54. The van der Waals surface area contributed by atoms with Gasteiger partial charge < -0.3 is 5.32 Å². The smallest absolute Gasteiger partial charge is 0.269 e. The third-order valence-electron chi connectivity index (χ3n) is 2.33. The van der Waals surface area contributed by atoms with E-state index in [1.807, 2.05) is 6.92 Å². The summed E-state index contributed by atoms with van der Waals surface area (Å²) in [6.07, 6.45) is 1.43. The minimum absolute atomic E-state index is 0.0905. The number of H-pyrrole nitrogens is 1. The molecule has 0 spiro atoms. The van der Waals surface area contributed by atoms with Crippen LogP contribution in [0.5, 0.6) is 0 Å². The Morgan fingerprint density at radius 3 is 2.94 bits per heavy atom. The number of non-ortho nitro benzene ring substituents is 1. The first-order chi connectivity index (χ1) is 8.16. The first-order valence-corrected chi connectivity index (χ1v) is 5.00. The summed E-state index contributed by atoms with van der Waals surface area (Å²) < 4.78 is 0. The van der Waals surface area contributed by atoms with Gasteiger partial charge in [0.2, 0.25) is 0 Å². The van der Waals surface area contributed by atoms with Crippen LogP contribution in [0.1, 0.15) is 11.4 Å². The number of nitrogens with one attached hydrogen (secondary N) is 2. The molecule has 0 fully saturated rings. The van der Waals surface area contributed by atoms with E-state index in [2.05, 4.69) is 20.5 Å². The van der Waals surface area contributed by atoms with Gasteiger partial charge in [-0.25, -0.2) is 4.98 Å². The molecule has 1 heterocycles. The van der Waals surface area contributed by atoms with Gasteiger partial charge in [-0.2, -0.15) is 5.10 Å². The maximum Gasteiger partial charge on any atom is 0.269 e. The molecule has 0 amide bonds. The Labute approximate surface area is 97.0 Å². The second-order valence-corrected chi connectivity index (χ2v) is 3.54. The molecular formula is C10H11N5O2. The van der Waals surface area contributed by atoms with E-state index in [0.717, 1.165) is 11.3 Å². The fraction of sp³-hybridized carbons (Fsp3) is 0.200. The van der Waals surface area contributed by atoms with Crippen LogP contribution >= 0.6 is 0 Å². The van der Waals surface area contributed by atoms with Crippen molar-refractivity contribution < 1.29 is 4.92 Å². The van der Waals surface area contributed by atoms with Crippen molar-refractivity contribution in [2.75, 3.05) is 5.32 Å². The number of hydrogen-bond acceptors (Lipinski definition) is 5. The number of aromatic nitrogens is 3. The van der Waals surface area contributed by atoms with E-state index in [-0.39, 0.29) is 5.69 Å². The minimum Gasteiger partial charge on any atom is -0.378 e. The largest absolute Gasteiger partial charge is 0.378 e. The lowest BCUT2D eigenvalue weighted by Crippen LogP contribution is -2.03. The molecule has 1 aromatic carbocycles. The van der Waals surface area contributed by atoms with Gasteiger partial charge in [-0.15, -0.1) is 0 Å². The van der Waals surface area contributed by atoms with Gasteiger partial charge in [0.15, 0.2) is 0 Å². The summed E-state index contributed by atoms with van der Waals surface area (Å²) in [6.45, 7) is 2.31. The summed E-state index contributed by atoms with van der Waals surface area (Å²) in [5.41, 5.74) is 1.75. The number of aryl methyl sites for hydroxylation is 1. The number of nitro benzene ring substituents is 1. The zero-order valence-corrected chi connectivity index (χ0v) is 9.17. The number of nitro groups is 1. The summed E-state index contributed by atoms with van der Waals surface area (Å²) in [7, 11) is 0. The number of hydrogen-bond donors (Lipinski definition) is 2. The van der Waals surface area contributed by atoms with Gasteiger partial charge in [-0.3, -0.25) is 15.2 Å². The maximum absolute atomic E-state index is 10.6. The molecule has 17 heavy (non-hydrogen) atoms. The zero-order valence-electron chi connectivity index (χ0n) is 9.17. The Morgan fingerprint density at radius 1 is 1.53 bits per heavy atom. The summed E-state index contributed by atoms with van der Waals surface area (Å²) in [6, 6.07) is 4.68. The average molecular weight is 233 g/mol. The molecule has 7 nitrogen and oxygen atoms in total. The predicted octanol–water partition coefficient (Wildman–Crippen LogP) is 1.63. The summed E-state index contributed by atoms with van der Waals surface area (Å²) in [5, 5.41) is 20.1. The molecule has 2 rings (SSSR count). The van der Waals surface area contributed by atoms with E-state index in [1.54, 1.807) is 6.07 Å². The van der Waals surface area contributed by atoms with Gasteiger partial charge in [0.1, 0.15) is 12.2 Å². The first-order valence-electron chi connectivity index (χ1n) is 5.00. The molecule has 0 atom stereocenters.